The standard InChI is InChI=1S/C21H23ClN2O3/c22-16-3-1-14(2-4-16)5-9-23-21(25)24-10-6-18-17-8-12-26-19(17)13-15-7-11-27-20(15)18/h1-4,13H,5-12H2,(H2,23,24,25). The molecule has 0 fully saturated rings. The van der Waals surface area contributed by atoms with E-state index in [-0.39, 0.29) is 6.03 Å². The van der Waals surface area contributed by atoms with E-state index >= 15 is 0 Å². The Hall–Kier alpha value is -2.40. The molecule has 2 aliphatic rings. The van der Waals surface area contributed by atoms with E-state index in [1.165, 1.54) is 16.7 Å². The number of hydrogen-bond donors (Lipinski definition) is 2. The highest BCUT2D eigenvalue weighted by Crippen LogP contribution is 2.40. The minimum atomic E-state index is -0.148. The minimum absolute atomic E-state index is 0.148. The molecule has 0 atom stereocenters. The molecule has 0 bridgehead atoms. The lowest BCUT2D eigenvalue weighted by Gasteiger charge is -2.13. The van der Waals surface area contributed by atoms with Crippen molar-refractivity contribution in [3.63, 3.8) is 0 Å². The number of nitrogens with one attached hydrogen (secondary N) is 2. The van der Waals surface area contributed by atoms with Crippen molar-refractivity contribution in [2.24, 2.45) is 0 Å². The van der Waals surface area contributed by atoms with Crippen LogP contribution in [-0.2, 0) is 25.7 Å². The van der Waals surface area contributed by atoms with Crippen LogP contribution in [-0.4, -0.2) is 32.3 Å². The van der Waals surface area contributed by atoms with Crippen LogP contribution >= 0.6 is 11.6 Å². The van der Waals surface area contributed by atoms with E-state index in [1.807, 2.05) is 24.3 Å². The summed E-state index contributed by atoms with van der Waals surface area (Å²) in [7, 11) is 0. The molecule has 0 aliphatic carbocycles. The van der Waals surface area contributed by atoms with Gasteiger partial charge in [0.25, 0.3) is 0 Å². The van der Waals surface area contributed by atoms with Crippen LogP contribution in [0.25, 0.3) is 0 Å². The minimum Gasteiger partial charge on any atom is -0.493 e. The van der Waals surface area contributed by atoms with Crippen molar-refractivity contribution in [3.8, 4) is 11.5 Å². The second-order valence-corrected chi connectivity index (χ2v) is 7.26. The average molecular weight is 387 g/mol. The number of rotatable bonds is 6. The van der Waals surface area contributed by atoms with Crippen LogP contribution in [0.1, 0.15) is 22.3 Å². The zero-order valence-corrected chi connectivity index (χ0v) is 15.9. The SMILES string of the molecule is O=C(NCCc1ccc(Cl)cc1)NCCc1c2c(cc3c1OCC3)OCC2. The van der Waals surface area contributed by atoms with Crippen LogP contribution in [0, 0.1) is 0 Å². The van der Waals surface area contributed by atoms with Gasteiger partial charge in [0.2, 0.25) is 0 Å². The third kappa shape index (κ3) is 4.14. The molecule has 2 aromatic carbocycles. The number of fused-ring (bicyclic) bond motifs is 2. The average Bonchev–Trinajstić information content (AvgIpc) is 3.32. The first kappa shape index (κ1) is 18.0. The van der Waals surface area contributed by atoms with Crippen LogP contribution in [0.4, 0.5) is 4.79 Å². The van der Waals surface area contributed by atoms with Gasteiger partial charge in [-0.15, -0.1) is 0 Å². The second-order valence-electron chi connectivity index (χ2n) is 6.83. The van der Waals surface area contributed by atoms with Crippen LogP contribution in [0.5, 0.6) is 11.5 Å². The van der Waals surface area contributed by atoms with E-state index in [2.05, 4.69) is 16.7 Å². The van der Waals surface area contributed by atoms with E-state index in [9.17, 15) is 4.79 Å². The summed E-state index contributed by atoms with van der Waals surface area (Å²) in [6, 6.07) is 9.64. The van der Waals surface area contributed by atoms with E-state index in [1.54, 1.807) is 0 Å². The van der Waals surface area contributed by atoms with Crippen LogP contribution < -0.4 is 20.1 Å². The molecule has 2 heterocycles. The predicted molar refractivity (Wildman–Crippen MR) is 105 cm³/mol. The maximum absolute atomic E-state index is 12.0. The predicted octanol–water partition coefficient (Wildman–Crippen LogP) is 3.29. The molecule has 6 heteroatoms. The molecule has 0 aromatic heterocycles. The lowest BCUT2D eigenvalue weighted by molar-refractivity contribution is 0.241. The maximum Gasteiger partial charge on any atom is 0.314 e. The third-order valence-corrected chi connectivity index (χ3v) is 5.29. The van der Waals surface area contributed by atoms with Crippen molar-refractivity contribution in [1.82, 2.24) is 10.6 Å². The van der Waals surface area contributed by atoms with Crippen molar-refractivity contribution in [1.29, 1.82) is 0 Å². The molecule has 0 saturated carbocycles. The van der Waals surface area contributed by atoms with Crippen LogP contribution in [0.2, 0.25) is 5.02 Å². The topological polar surface area (TPSA) is 59.6 Å². The summed E-state index contributed by atoms with van der Waals surface area (Å²) < 4.78 is 11.6. The van der Waals surface area contributed by atoms with Crippen molar-refractivity contribution in [3.05, 3.63) is 57.6 Å². The summed E-state index contributed by atoms with van der Waals surface area (Å²) in [5, 5.41) is 6.56. The van der Waals surface area contributed by atoms with Crippen molar-refractivity contribution in [2.75, 3.05) is 26.3 Å². The Bertz CT molecular complexity index is 804. The van der Waals surface area contributed by atoms with Gasteiger partial charge < -0.3 is 20.1 Å². The van der Waals surface area contributed by atoms with Gasteiger partial charge in [-0.2, -0.15) is 0 Å². The quantitative estimate of drug-likeness (QED) is 0.800. The first-order valence-corrected chi connectivity index (χ1v) is 9.78. The lowest BCUT2D eigenvalue weighted by Crippen LogP contribution is -2.37. The molecule has 2 aliphatic heterocycles. The van der Waals surface area contributed by atoms with Crippen molar-refractivity contribution < 1.29 is 14.3 Å². The van der Waals surface area contributed by atoms with Gasteiger partial charge in [0.05, 0.1) is 13.2 Å². The first-order chi connectivity index (χ1) is 13.2. The lowest BCUT2D eigenvalue weighted by atomic mass is 9.97. The molecule has 2 aromatic rings. The fourth-order valence-electron chi connectivity index (χ4n) is 3.68. The molecule has 0 radical (unpaired) electrons. The molecular weight excluding hydrogens is 364 g/mol. The zero-order chi connectivity index (χ0) is 18.6. The molecule has 27 heavy (non-hydrogen) atoms. The molecule has 0 saturated heterocycles. The third-order valence-electron chi connectivity index (χ3n) is 5.03. The van der Waals surface area contributed by atoms with E-state index in [0.717, 1.165) is 61.0 Å². The first-order valence-electron chi connectivity index (χ1n) is 9.40. The van der Waals surface area contributed by atoms with Crippen LogP contribution in [0.15, 0.2) is 30.3 Å². The number of carbonyl (C=O) groups excluding carboxylic acids is 1. The van der Waals surface area contributed by atoms with E-state index in [0.29, 0.717) is 13.1 Å². The highest BCUT2D eigenvalue weighted by atomic mass is 35.5. The summed E-state index contributed by atoms with van der Waals surface area (Å²) in [5.74, 6) is 1.99. The Labute approximate surface area is 164 Å². The Kier molecular flexibility index (Phi) is 5.39. The summed E-state index contributed by atoms with van der Waals surface area (Å²) in [6.07, 6.45) is 3.36. The molecule has 142 valence electrons. The van der Waals surface area contributed by atoms with Gasteiger partial charge >= 0.3 is 6.03 Å². The summed E-state index contributed by atoms with van der Waals surface area (Å²) >= 11 is 5.88. The van der Waals surface area contributed by atoms with Crippen molar-refractivity contribution in [2.45, 2.75) is 25.7 Å². The molecule has 4 rings (SSSR count). The van der Waals surface area contributed by atoms with Crippen molar-refractivity contribution >= 4 is 17.6 Å². The summed E-state index contributed by atoms with van der Waals surface area (Å²) in [4.78, 5) is 12.0. The molecular formula is C21H23ClN2O3. The number of halogens is 1. The van der Waals surface area contributed by atoms with Gasteiger partial charge in [-0.25, -0.2) is 4.79 Å². The fourth-order valence-corrected chi connectivity index (χ4v) is 3.81. The number of benzene rings is 2. The monoisotopic (exact) mass is 386 g/mol. The molecule has 2 N–H and O–H groups in total. The number of amides is 2. The Morgan fingerprint density at radius 1 is 1.00 bits per heavy atom. The number of hydrogen-bond acceptors (Lipinski definition) is 3. The fraction of sp³-hybridized carbons (Fsp3) is 0.381. The maximum atomic E-state index is 12.0. The van der Waals surface area contributed by atoms with E-state index < -0.39 is 0 Å². The highest BCUT2D eigenvalue weighted by Gasteiger charge is 2.26. The molecule has 0 spiro atoms. The largest absolute Gasteiger partial charge is 0.493 e. The number of ether oxygens (including phenoxy) is 2. The van der Waals surface area contributed by atoms with Gasteiger partial charge in [-0.1, -0.05) is 23.7 Å². The van der Waals surface area contributed by atoms with Gasteiger partial charge in [-0.05, 0) is 36.6 Å². The van der Waals surface area contributed by atoms with Gasteiger partial charge in [0.15, 0.2) is 0 Å². The van der Waals surface area contributed by atoms with Crippen LogP contribution in [0.3, 0.4) is 0 Å². The Balaban J connectivity index is 1.26. The number of urea groups is 1. The Morgan fingerprint density at radius 2 is 1.74 bits per heavy atom. The molecule has 5 nitrogen and oxygen atoms in total. The van der Waals surface area contributed by atoms with Gasteiger partial charge in [-0.3, -0.25) is 0 Å². The molecule has 2 amide bonds. The molecule has 0 unspecified atom stereocenters. The highest BCUT2D eigenvalue weighted by molar-refractivity contribution is 6.30. The second kappa shape index (κ2) is 8.09. The summed E-state index contributed by atoms with van der Waals surface area (Å²) in [5.41, 5.74) is 4.80. The van der Waals surface area contributed by atoms with E-state index in [4.69, 9.17) is 21.1 Å². The zero-order valence-electron chi connectivity index (χ0n) is 15.1. The smallest absolute Gasteiger partial charge is 0.314 e. The van der Waals surface area contributed by atoms with Gasteiger partial charge in [0, 0.05) is 47.6 Å². The Morgan fingerprint density at radius 3 is 2.56 bits per heavy atom. The normalized spacial score (nSPS) is 14.1. The van der Waals surface area contributed by atoms with Gasteiger partial charge in [0.1, 0.15) is 11.5 Å². The summed E-state index contributed by atoms with van der Waals surface area (Å²) in [6.45, 7) is 2.60. The number of carbonyl (C=O) groups is 1.